The van der Waals surface area contributed by atoms with Crippen molar-refractivity contribution in [2.24, 2.45) is 0 Å². The van der Waals surface area contributed by atoms with Crippen molar-refractivity contribution in [3.8, 4) is 11.8 Å². The minimum atomic E-state index is -0.407. The fraction of sp³-hybridized carbons (Fsp3) is 0.364. The molecule has 166 valence electrons. The normalized spacial score (nSPS) is 15.6. The summed E-state index contributed by atoms with van der Waals surface area (Å²) in [5.74, 6) is -0.184. The molecule has 0 aliphatic carbocycles. The molecule has 0 bridgehead atoms. The van der Waals surface area contributed by atoms with E-state index in [1.165, 1.54) is 17.0 Å². The van der Waals surface area contributed by atoms with Gasteiger partial charge in [-0.15, -0.1) is 10.2 Å². The molecule has 0 spiro atoms. The number of carbonyl (C=O) groups excluding carboxylic acids is 1. The molecule has 1 amide bonds. The fourth-order valence-corrected chi connectivity index (χ4v) is 4.51. The first-order valence-electron chi connectivity index (χ1n) is 10.3. The number of thioether (sulfide) groups is 1. The summed E-state index contributed by atoms with van der Waals surface area (Å²) in [5, 5.41) is 20.8. The third-order valence-corrected chi connectivity index (χ3v) is 6.51. The van der Waals surface area contributed by atoms with Gasteiger partial charge in [-0.25, -0.2) is 4.39 Å². The maximum absolute atomic E-state index is 14.1. The molecule has 1 saturated heterocycles. The molecule has 3 heterocycles. The van der Waals surface area contributed by atoms with Crippen LogP contribution in [0.4, 0.5) is 10.2 Å². The van der Waals surface area contributed by atoms with Gasteiger partial charge in [0.05, 0.1) is 29.7 Å². The zero-order valence-electron chi connectivity index (χ0n) is 17.8. The molecule has 0 saturated carbocycles. The van der Waals surface area contributed by atoms with Gasteiger partial charge >= 0.3 is 0 Å². The molecule has 2 aromatic heterocycles. The van der Waals surface area contributed by atoms with Crippen LogP contribution in [0.25, 0.3) is 5.69 Å². The summed E-state index contributed by atoms with van der Waals surface area (Å²) >= 11 is 1.14. The van der Waals surface area contributed by atoms with E-state index in [2.05, 4.69) is 21.6 Å². The van der Waals surface area contributed by atoms with E-state index in [4.69, 9.17) is 4.74 Å². The van der Waals surface area contributed by atoms with Crippen LogP contribution in [0.1, 0.15) is 29.7 Å². The van der Waals surface area contributed by atoms with Crippen molar-refractivity contribution >= 4 is 23.5 Å². The van der Waals surface area contributed by atoms with Gasteiger partial charge in [0.2, 0.25) is 5.91 Å². The third kappa shape index (κ3) is 4.40. The van der Waals surface area contributed by atoms with E-state index in [-0.39, 0.29) is 17.8 Å². The second kappa shape index (κ2) is 9.54. The van der Waals surface area contributed by atoms with E-state index in [1.807, 2.05) is 18.4 Å². The van der Waals surface area contributed by atoms with E-state index < -0.39 is 5.82 Å². The van der Waals surface area contributed by atoms with Gasteiger partial charge < -0.3 is 14.6 Å². The minimum Gasteiger partial charge on any atom is -0.376 e. The first-order valence-corrected chi connectivity index (χ1v) is 11.3. The Kier molecular flexibility index (Phi) is 6.58. The van der Waals surface area contributed by atoms with Gasteiger partial charge in [0.1, 0.15) is 24.0 Å². The Labute approximate surface area is 189 Å². The van der Waals surface area contributed by atoms with Gasteiger partial charge in [0.25, 0.3) is 0 Å². The number of nitrogens with one attached hydrogen (secondary N) is 1. The van der Waals surface area contributed by atoms with Crippen LogP contribution in [-0.4, -0.2) is 43.7 Å². The molecule has 1 aliphatic heterocycles. The number of hydrogen-bond donors (Lipinski definition) is 1. The highest BCUT2D eigenvalue weighted by atomic mass is 32.2. The smallest absolute Gasteiger partial charge is 0.235 e. The Morgan fingerprint density at radius 1 is 1.41 bits per heavy atom. The quantitative estimate of drug-likeness (QED) is 0.548. The highest BCUT2D eigenvalue weighted by Gasteiger charge is 2.24. The largest absolute Gasteiger partial charge is 0.376 e. The van der Waals surface area contributed by atoms with Gasteiger partial charge in [-0.3, -0.25) is 9.36 Å². The maximum atomic E-state index is 14.1. The molecule has 1 aliphatic rings. The van der Waals surface area contributed by atoms with Crippen LogP contribution in [0.5, 0.6) is 0 Å². The average molecular weight is 455 g/mol. The Morgan fingerprint density at radius 2 is 2.22 bits per heavy atom. The molecular weight excluding hydrogens is 431 g/mol. The monoisotopic (exact) mass is 454 g/mol. The van der Waals surface area contributed by atoms with Crippen molar-refractivity contribution in [3.63, 3.8) is 0 Å². The predicted molar refractivity (Wildman–Crippen MR) is 118 cm³/mol. The number of nitriles is 1. The van der Waals surface area contributed by atoms with E-state index >= 15 is 0 Å². The Morgan fingerprint density at radius 3 is 2.94 bits per heavy atom. The molecule has 1 aromatic carbocycles. The van der Waals surface area contributed by atoms with Gasteiger partial charge in [-0.05, 0) is 44.4 Å². The summed E-state index contributed by atoms with van der Waals surface area (Å²) in [6.07, 6.45) is 3.44. The number of amides is 1. The first kappa shape index (κ1) is 22.0. The standard InChI is InChI=1S/C22H23FN6O2S/c1-14-15(2)28(11-16-6-5-9-31-16)21(17(14)10-24)26-20(30)12-32-22-27-25-13-29(22)19-8-4-3-7-18(19)23/h3-4,7-8,13,16H,5-6,9,11-12H2,1-2H3,(H,26,30). The second-order valence-corrected chi connectivity index (χ2v) is 8.51. The molecule has 32 heavy (non-hydrogen) atoms. The number of halogens is 1. The van der Waals surface area contributed by atoms with Crippen molar-refractivity contribution in [1.29, 1.82) is 5.26 Å². The summed E-state index contributed by atoms with van der Waals surface area (Å²) in [6, 6.07) is 8.50. The number of ether oxygens (including phenoxy) is 1. The van der Waals surface area contributed by atoms with Crippen molar-refractivity contribution in [3.05, 3.63) is 53.2 Å². The zero-order chi connectivity index (χ0) is 22.7. The lowest BCUT2D eigenvalue weighted by Gasteiger charge is -2.16. The van der Waals surface area contributed by atoms with Crippen molar-refractivity contribution in [2.45, 2.75) is 44.5 Å². The lowest BCUT2D eigenvalue weighted by atomic mass is 10.2. The number of para-hydroxylation sites is 1. The van der Waals surface area contributed by atoms with Crippen LogP contribution >= 0.6 is 11.8 Å². The number of carbonyl (C=O) groups is 1. The molecule has 10 heteroatoms. The number of benzene rings is 1. The van der Waals surface area contributed by atoms with Gasteiger partial charge in [-0.1, -0.05) is 23.9 Å². The van der Waals surface area contributed by atoms with Crippen LogP contribution in [0.15, 0.2) is 35.7 Å². The number of aromatic nitrogens is 4. The van der Waals surface area contributed by atoms with Gasteiger partial charge in [0.15, 0.2) is 5.16 Å². The van der Waals surface area contributed by atoms with E-state index in [9.17, 15) is 14.4 Å². The average Bonchev–Trinajstić information content (AvgIpc) is 3.51. The van der Waals surface area contributed by atoms with Crippen molar-refractivity contribution in [1.82, 2.24) is 19.3 Å². The van der Waals surface area contributed by atoms with E-state index in [0.717, 1.165) is 42.5 Å². The Hall–Kier alpha value is -3.16. The summed E-state index contributed by atoms with van der Waals surface area (Å²) in [7, 11) is 0. The van der Waals surface area contributed by atoms with Crippen LogP contribution in [0.3, 0.4) is 0 Å². The number of hydrogen-bond acceptors (Lipinski definition) is 6. The highest BCUT2D eigenvalue weighted by Crippen LogP contribution is 2.29. The second-order valence-electron chi connectivity index (χ2n) is 7.56. The van der Waals surface area contributed by atoms with E-state index in [0.29, 0.717) is 28.8 Å². The van der Waals surface area contributed by atoms with Crippen molar-refractivity contribution in [2.75, 3.05) is 17.7 Å². The van der Waals surface area contributed by atoms with Crippen LogP contribution in [0.2, 0.25) is 0 Å². The molecule has 0 radical (unpaired) electrons. The Balaban J connectivity index is 1.50. The van der Waals surface area contributed by atoms with E-state index in [1.54, 1.807) is 18.2 Å². The first-order chi connectivity index (χ1) is 15.5. The SMILES string of the molecule is Cc1c(C#N)c(NC(=O)CSc2nncn2-c2ccccc2F)n(CC2CCCO2)c1C. The molecule has 1 atom stereocenters. The van der Waals surface area contributed by atoms with Crippen LogP contribution < -0.4 is 5.32 Å². The fourth-order valence-electron chi connectivity index (χ4n) is 3.78. The molecule has 1 N–H and O–H groups in total. The number of rotatable bonds is 7. The lowest BCUT2D eigenvalue weighted by molar-refractivity contribution is -0.113. The highest BCUT2D eigenvalue weighted by molar-refractivity contribution is 7.99. The zero-order valence-corrected chi connectivity index (χ0v) is 18.7. The molecule has 8 nitrogen and oxygen atoms in total. The summed E-state index contributed by atoms with van der Waals surface area (Å²) in [5.41, 5.74) is 2.53. The summed E-state index contributed by atoms with van der Waals surface area (Å²) < 4.78 is 23.3. The molecular formula is C22H23FN6O2S. The van der Waals surface area contributed by atoms with Crippen LogP contribution in [0, 0.1) is 31.0 Å². The minimum absolute atomic E-state index is 0.0290. The lowest BCUT2D eigenvalue weighted by Crippen LogP contribution is -2.22. The topological polar surface area (TPSA) is 97.8 Å². The molecule has 4 rings (SSSR count). The van der Waals surface area contributed by atoms with Gasteiger partial charge in [-0.2, -0.15) is 5.26 Å². The third-order valence-electron chi connectivity index (χ3n) is 5.57. The summed E-state index contributed by atoms with van der Waals surface area (Å²) in [6.45, 7) is 5.13. The molecule has 1 unspecified atom stereocenters. The molecule has 1 fully saturated rings. The number of anilines is 1. The van der Waals surface area contributed by atoms with Crippen molar-refractivity contribution < 1.29 is 13.9 Å². The Bertz CT molecular complexity index is 1180. The van der Waals surface area contributed by atoms with Gasteiger partial charge in [0, 0.05) is 12.3 Å². The van der Waals surface area contributed by atoms with Crippen LogP contribution in [-0.2, 0) is 16.1 Å². The summed E-state index contributed by atoms with van der Waals surface area (Å²) in [4.78, 5) is 12.8. The number of nitrogens with zero attached hydrogens (tertiary/aromatic N) is 5. The maximum Gasteiger partial charge on any atom is 0.235 e. The predicted octanol–water partition coefficient (Wildman–Crippen LogP) is 3.61. The molecule has 3 aromatic rings.